The number of benzene rings is 1. The second-order valence-corrected chi connectivity index (χ2v) is 7.15. The maximum absolute atomic E-state index is 12.8. The van der Waals surface area contributed by atoms with E-state index in [0.717, 1.165) is 19.4 Å². The van der Waals surface area contributed by atoms with E-state index in [1.54, 1.807) is 12.4 Å². The number of nitrogens with one attached hydrogen (secondary N) is 1. The zero-order valence-electron chi connectivity index (χ0n) is 15.0. The van der Waals surface area contributed by atoms with Gasteiger partial charge >= 0.3 is 0 Å². The lowest BCUT2D eigenvalue weighted by Crippen LogP contribution is -2.49. The minimum atomic E-state index is -0.361. The molecule has 1 aliphatic carbocycles. The first-order valence-electron chi connectivity index (χ1n) is 9.25. The van der Waals surface area contributed by atoms with Gasteiger partial charge in [-0.2, -0.15) is 0 Å². The highest BCUT2D eigenvalue weighted by atomic mass is 16.3. The van der Waals surface area contributed by atoms with Crippen molar-refractivity contribution in [3.05, 3.63) is 53.3 Å². The van der Waals surface area contributed by atoms with Crippen LogP contribution in [0.3, 0.4) is 0 Å². The fourth-order valence-electron chi connectivity index (χ4n) is 4.35. The molecule has 2 aliphatic rings. The number of carbonyl (C=O) groups is 1. The summed E-state index contributed by atoms with van der Waals surface area (Å²) in [4.78, 5) is 23.0. The van der Waals surface area contributed by atoms with E-state index in [4.69, 9.17) is 0 Å². The minimum Gasteiger partial charge on any atom is -0.392 e. The highest BCUT2D eigenvalue weighted by Gasteiger charge is 2.48. The zero-order valence-corrected chi connectivity index (χ0v) is 15.0. The van der Waals surface area contributed by atoms with Crippen molar-refractivity contribution in [3.63, 3.8) is 0 Å². The molecule has 136 valence electrons. The van der Waals surface area contributed by atoms with Gasteiger partial charge in [0, 0.05) is 37.4 Å². The van der Waals surface area contributed by atoms with Crippen LogP contribution in [0.25, 0.3) is 0 Å². The molecule has 1 spiro atoms. The van der Waals surface area contributed by atoms with Gasteiger partial charge in [0.15, 0.2) is 0 Å². The van der Waals surface area contributed by atoms with Crippen molar-refractivity contribution in [1.29, 1.82) is 0 Å². The van der Waals surface area contributed by atoms with Crippen LogP contribution in [0.15, 0.2) is 36.7 Å². The third-order valence-electron chi connectivity index (χ3n) is 5.78. The number of amides is 1. The van der Waals surface area contributed by atoms with Crippen LogP contribution in [-0.2, 0) is 11.8 Å². The van der Waals surface area contributed by atoms with Gasteiger partial charge in [-0.25, -0.2) is 9.97 Å². The van der Waals surface area contributed by atoms with Crippen LogP contribution < -0.4 is 5.32 Å². The molecule has 1 aromatic carbocycles. The molecule has 1 amide bonds. The number of aromatic nitrogens is 2. The SMILES string of the molecule is CCNc1ncc(C(=O)N2CCC3(CC2)c2ccccc2C[C@H]3O)cn1. The summed E-state index contributed by atoms with van der Waals surface area (Å²) in [6, 6.07) is 8.31. The van der Waals surface area contributed by atoms with E-state index >= 15 is 0 Å². The fourth-order valence-corrected chi connectivity index (χ4v) is 4.35. The first-order chi connectivity index (χ1) is 12.6. The summed E-state index contributed by atoms with van der Waals surface area (Å²) in [6.07, 6.45) is 5.08. The molecule has 1 aliphatic heterocycles. The molecular weight excluding hydrogens is 328 g/mol. The van der Waals surface area contributed by atoms with Crippen LogP contribution in [-0.4, -0.2) is 51.6 Å². The Morgan fingerprint density at radius 3 is 2.65 bits per heavy atom. The van der Waals surface area contributed by atoms with Gasteiger partial charge in [0.05, 0.1) is 11.7 Å². The first-order valence-corrected chi connectivity index (χ1v) is 9.25. The number of carbonyl (C=O) groups excluding carboxylic acids is 1. The van der Waals surface area contributed by atoms with Crippen LogP contribution in [0.1, 0.15) is 41.3 Å². The molecule has 1 fully saturated rings. The maximum Gasteiger partial charge on any atom is 0.256 e. The minimum absolute atomic E-state index is 0.0383. The normalized spacial score (nSPS) is 20.8. The lowest BCUT2D eigenvalue weighted by atomic mass is 9.72. The van der Waals surface area contributed by atoms with Crippen molar-refractivity contribution in [2.24, 2.45) is 0 Å². The van der Waals surface area contributed by atoms with Crippen LogP contribution in [0.4, 0.5) is 5.95 Å². The summed E-state index contributed by atoms with van der Waals surface area (Å²) in [6.45, 7) is 3.99. The molecular formula is C20H24N4O2. The number of likely N-dealkylation sites (tertiary alicyclic amines) is 1. The average Bonchev–Trinajstić information content (AvgIpc) is 2.94. The molecule has 6 heteroatoms. The van der Waals surface area contributed by atoms with Crippen molar-refractivity contribution in [2.75, 3.05) is 25.0 Å². The molecule has 1 aromatic heterocycles. The van der Waals surface area contributed by atoms with E-state index in [-0.39, 0.29) is 17.4 Å². The van der Waals surface area contributed by atoms with E-state index < -0.39 is 0 Å². The Hall–Kier alpha value is -2.47. The molecule has 2 aromatic rings. The van der Waals surface area contributed by atoms with Crippen LogP contribution in [0.5, 0.6) is 0 Å². The molecule has 0 saturated carbocycles. The fraction of sp³-hybridized carbons (Fsp3) is 0.450. The van der Waals surface area contributed by atoms with E-state index in [9.17, 15) is 9.90 Å². The van der Waals surface area contributed by atoms with E-state index in [1.807, 2.05) is 24.0 Å². The first kappa shape index (κ1) is 17.0. The van der Waals surface area contributed by atoms with Gasteiger partial charge in [0.1, 0.15) is 0 Å². The monoisotopic (exact) mass is 352 g/mol. The summed E-state index contributed by atoms with van der Waals surface area (Å²) in [7, 11) is 0. The van der Waals surface area contributed by atoms with Gasteiger partial charge in [-0.15, -0.1) is 0 Å². The van der Waals surface area contributed by atoms with Gasteiger partial charge in [-0.3, -0.25) is 4.79 Å². The van der Waals surface area contributed by atoms with Crippen LogP contribution >= 0.6 is 0 Å². The number of piperidine rings is 1. The van der Waals surface area contributed by atoms with Crippen LogP contribution in [0, 0.1) is 0 Å². The van der Waals surface area contributed by atoms with Crippen molar-refractivity contribution in [2.45, 2.75) is 37.7 Å². The number of anilines is 1. The Labute approximate surface area is 153 Å². The molecule has 1 atom stereocenters. The number of aliphatic hydroxyl groups excluding tert-OH is 1. The molecule has 6 nitrogen and oxygen atoms in total. The molecule has 2 heterocycles. The van der Waals surface area contributed by atoms with Crippen molar-refractivity contribution < 1.29 is 9.90 Å². The smallest absolute Gasteiger partial charge is 0.256 e. The summed E-state index contributed by atoms with van der Waals surface area (Å²) < 4.78 is 0. The number of nitrogens with zero attached hydrogens (tertiary/aromatic N) is 3. The third kappa shape index (κ3) is 2.74. The highest BCUT2D eigenvalue weighted by molar-refractivity contribution is 5.93. The lowest BCUT2D eigenvalue weighted by molar-refractivity contribution is 0.0365. The Morgan fingerprint density at radius 2 is 1.96 bits per heavy atom. The largest absolute Gasteiger partial charge is 0.392 e. The molecule has 0 radical (unpaired) electrons. The number of rotatable bonds is 3. The van der Waals surface area contributed by atoms with Crippen molar-refractivity contribution >= 4 is 11.9 Å². The highest BCUT2D eigenvalue weighted by Crippen LogP contribution is 2.46. The number of hydrogen-bond acceptors (Lipinski definition) is 5. The molecule has 0 unspecified atom stereocenters. The van der Waals surface area contributed by atoms with Gasteiger partial charge in [0.25, 0.3) is 5.91 Å². The van der Waals surface area contributed by atoms with E-state index in [0.29, 0.717) is 31.0 Å². The predicted molar refractivity (Wildman–Crippen MR) is 99.2 cm³/mol. The van der Waals surface area contributed by atoms with Gasteiger partial charge in [0.2, 0.25) is 5.95 Å². The topological polar surface area (TPSA) is 78.4 Å². The summed E-state index contributed by atoms with van der Waals surface area (Å²) >= 11 is 0. The molecule has 0 bridgehead atoms. The predicted octanol–water partition coefficient (Wildman–Crippen LogP) is 2.00. The standard InChI is InChI=1S/C20H24N4O2/c1-2-21-19-22-12-15(13-23-19)18(26)24-9-7-20(8-10-24)16-6-4-3-5-14(16)11-17(20)25/h3-6,12-13,17,25H,2,7-11H2,1H3,(H,21,22,23)/t17-/m1/s1. The van der Waals surface area contributed by atoms with Crippen LogP contribution in [0.2, 0.25) is 0 Å². The summed E-state index contributed by atoms with van der Waals surface area (Å²) in [5.41, 5.74) is 2.80. The lowest BCUT2D eigenvalue weighted by Gasteiger charge is -2.42. The Morgan fingerprint density at radius 1 is 1.27 bits per heavy atom. The number of aliphatic hydroxyl groups is 1. The summed E-state index contributed by atoms with van der Waals surface area (Å²) in [5.74, 6) is 0.496. The third-order valence-corrected chi connectivity index (χ3v) is 5.78. The average molecular weight is 352 g/mol. The Bertz CT molecular complexity index is 798. The molecule has 4 rings (SSSR count). The van der Waals surface area contributed by atoms with Gasteiger partial charge < -0.3 is 15.3 Å². The van der Waals surface area contributed by atoms with Gasteiger partial charge in [-0.1, -0.05) is 24.3 Å². The van der Waals surface area contributed by atoms with Crippen molar-refractivity contribution in [3.8, 4) is 0 Å². The second kappa shape index (κ2) is 6.68. The van der Waals surface area contributed by atoms with E-state index in [2.05, 4.69) is 27.4 Å². The number of hydrogen-bond donors (Lipinski definition) is 2. The van der Waals surface area contributed by atoms with Crippen molar-refractivity contribution in [1.82, 2.24) is 14.9 Å². The zero-order chi connectivity index (χ0) is 18.1. The quantitative estimate of drug-likeness (QED) is 0.883. The molecule has 26 heavy (non-hydrogen) atoms. The Kier molecular flexibility index (Phi) is 4.36. The second-order valence-electron chi connectivity index (χ2n) is 7.15. The summed E-state index contributed by atoms with van der Waals surface area (Å²) in [5, 5.41) is 13.7. The van der Waals surface area contributed by atoms with E-state index in [1.165, 1.54) is 11.1 Å². The van der Waals surface area contributed by atoms with Gasteiger partial charge in [-0.05, 0) is 37.3 Å². The maximum atomic E-state index is 12.8. The Balaban J connectivity index is 1.47. The molecule has 1 saturated heterocycles. The molecule has 2 N–H and O–H groups in total. The number of fused-ring (bicyclic) bond motifs is 2.